The largest absolute Gasteiger partial charge is 0.459 e. The van der Waals surface area contributed by atoms with Crippen molar-refractivity contribution in [3.05, 3.63) is 59.5 Å². The lowest BCUT2D eigenvalue weighted by Gasteiger charge is -2.23. The molecule has 25 heavy (non-hydrogen) atoms. The lowest BCUT2D eigenvalue weighted by atomic mass is 9.95. The van der Waals surface area contributed by atoms with E-state index in [0.29, 0.717) is 5.92 Å². The van der Waals surface area contributed by atoms with Crippen LogP contribution in [0.2, 0.25) is 0 Å². The van der Waals surface area contributed by atoms with E-state index >= 15 is 0 Å². The van der Waals surface area contributed by atoms with Crippen molar-refractivity contribution in [2.24, 2.45) is 5.92 Å². The molecule has 0 spiro atoms. The molecule has 0 radical (unpaired) electrons. The summed E-state index contributed by atoms with van der Waals surface area (Å²) in [5.41, 5.74) is 7.11. The maximum atomic E-state index is 12.0. The highest BCUT2D eigenvalue weighted by atomic mass is 16.3. The molecular formula is C19H25N3O3. The van der Waals surface area contributed by atoms with Gasteiger partial charge in [0.15, 0.2) is 5.76 Å². The molecule has 3 N–H and O–H groups in total. The third kappa shape index (κ3) is 5.46. The number of hydrogen-bond donors (Lipinski definition) is 3. The third-order valence-electron chi connectivity index (χ3n) is 3.96. The van der Waals surface area contributed by atoms with Gasteiger partial charge in [0.25, 0.3) is 5.91 Å². The zero-order valence-corrected chi connectivity index (χ0v) is 14.8. The van der Waals surface area contributed by atoms with Gasteiger partial charge in [-0.25, -0.2) is 0 Å². The summed E-state index contributed by atoms with van der Waals surface area (Å²) in [4.78, 5) is 23.7. The Hall–Kier alpha value is -2.60. The molecule has 6 heteroatoms. The van der Waals surface area contributed by atoms with Crippen LogP contribution >= 0.6 is 0 Å². The average Bonchev–Trinajstić information content (AvgIpc) is 3.15. The fourth-order valence-corrected chi connectivity index (χ4v) is 2.54. The van der Waals surface area contributed by atoms with Crippen LogP contribution in [0.25, 0.3) is 0 Å². The van der Waals surface area contributed by atoms with E-state index in [1.165, 1.54) is 17.9 Å². The van der Waals surface area contributed by atoms with E-state index in [1.54, 1.807) is 6.07 Å². The number of carbonyl (C=O) groups is 2. The first-order valence-corrected chi connectivity index (χ1v) is 8.46. The molecule has 0 aliphatic heterocycles. The molecule has 0 fully saturated rings. The molecule has 0 unspecified atom stereocenters. The lowest BCUT2D eigenvalue weighted by molar-refractivity contribution is -0.121. The molecule has 1 heterocycles. The Morgan fingerprint density at radius 3 is 2.36 bits per heavy atom. The van der Waals surface area contributed by atoms with Crippen LogP contribution in [-0.4, -0.2) is 18.4 Å². The number of hydrogen-bond acceptors (Lipinski definition) is 4. The van der Waals surface area contributed by atoms with Gasteiger partial charge in [0.2, 0.25) is 0 Å². The molecule has 2 amide bonds. The minimum atomic E-state index is -0.492. The smallest absolute Gasteiger partial charge is 0.305 e. The summed E-state index contributed by atoms with van der Waals surface area (Å²) in [7, 11) is 0. The van der Waals surface area contributed by atoms with Crippen molar-refractivity contribution in [1.29, 1.82) is 0 Å². The van der Waals surface area contributed by atoms with E-state index in [9.17, 15) is 9.59 Å². The van der Waals surface area contributed by atoms with Crippen LogP contribution in [0.3, 0.4) is 0 Å². The molecule has 1 aromatic carbocycles. The number of aryl methyl sites for hydroxylation is 1. The van der Waals surface area contributed by atoms with E-state index < -0.39 is 5.91 Å². The standard InChI is InChI=1S/C19H25N3O3/c1-4-14-7-9-15(10-8-14)18(13(2)3)20-12-17(23)21-22-19(24)16-6-5-11-25-16/h5-11,13,18,20H,4,12H2,1-3H3,(H,21,23)(H,22,24)/t18-/m0/s1. The summed E-state index contributed by atoms with van der Waals surface area (Å²) in [5, 5.41) is 3.24. The van der Waals surface area contributed by atoms with Crippen molar-refractivity contribution in [3.63, 3.8) is 0 Å². The molecular weight excluding hydrogens is 318 g/mol. The molecule has 1 atom stereocenters. The van der Waals surface area contributed by atoms with Crippen LogP contribution in [0.1, 0.15) is 48.5 Å². The van der Waals surface area contributed by atoms with Crippen molar-refractivity contribution < 1.29 is 14.0 Å². The molecule has 0 bridgehead atoms. The van der Waals surface area contributed by atoms with Gasteiger partial charge in [0, 0.05) is 6.04 Å². The lowest BCUT2D eigenvalue weighted by Crippen LogP contribution is -2.46. The number of furan rings is 1. The van der Waals surface area contributed by atoms with Gasteiger partial charge in [0.05, 0.1) is 12.8 Å². The molecule has 1 aromatic heterocycles. The van der Waals surface area contributed by atoms with Gasteiger partial charge in [-0.15, -0.1) is 0 Å². The minimum Gasteiger partial charge on any atom is -0.459 e. The zero-order chi connectivity index (χ0) is 18.2. The van der Waals surface area contributed by atoms with Gasteiger partial charge >= 0.3 is 5.91 Å². The van der Waals surface area contributed by atoms with E-state index in [4.69, 9.17) is 4.42 Å². The highest BCUT2D eigenvalue weighted by molar-refractivity contribution is 5.93. The first-order valence-electron chi connectivity index (χ1n) is 8.46. The van der Waals surface area contributed by atoms with Crippen LogP contribution in [0.15, 0.2) is 47.1 Å². The van der Waals surface area contributed by atoms with Crippen LogP contribution in [0.5, 0.6) is 0 Å². The predicted octanol–water partition coefficient (Wildman–Crippen LogP) is 2.59. The Labute approximate surface area is 148 Å². The molecule has 2 rings (SSSR count). The second-order valence-electron chi connectivity index (χ2n) is 6.18. The number of hydrazine groups is 1. The van der Waals surface area contributed by atoms with Gasteiger partial charge in [-0.05, 0) is 35.6 Å². The number of benzene rings is 1. The Kier molecular flexibility index (Phi) is 6.77. The van der Waals surface area contributed by atoms with E-state index in [0.717, 1.165) is 12.0 Å². The van der Waals surface area contributed by atoms with E-state index in [2.05, 4.69) is 61.2 Å². The second-order valence-corrected chi connectivity index (χ2v) is 6.18. The van der Waals surface area contributed by atoms with Gasteiger partial charge in [0.1, 0.15) is 0 Å². The number of rotatable bonds is 7. The van der Waals surface area contributed by atoms with Crippen LogP contribution in [0, 0.1) is 5.92 Å². The minimum absolute atomic E-state index is 0.0532. The van der Waals surface area contributed by atoms with Gasteiger partial charge < -0.3 is 9.73 Å². The SMILES string of the molecule is CCc1ccc([C@@H](NCC(=O)NNC(=O)c2ccco2)C(C)C)cc1. The molecule has 2 aromatic rings. The first-order chi connectivity index (χ1) is 12.0. The van der Waals surface area contributed by atoms with Crippen molar-refractivity contribution in [2.45, 2.75) is 33.2 Å². The van der Waals surface area contributed by atoms with Gasteiger partial charge in [-0.3, -0.25) is 20.4 Å². The Morgan fingerprint density at radius 1 is 1.08 bits per heavy atom. The molecule has 0 saturated heterocycles. The summed E-state index contributed by atoms with van der Waals surface area (Å²) in [6, 6.07) is 11.6. The average molecular weight is 343 g/mol. The van der Waals surface area contributed by atoms with Gasteiger partial charge in [-0.1, -0.05) is 45.0 Å². The predicted molar refractivity (Wildman–Crippen MR) is 95.7 cm³/mol. The van der Waals surface area contributed by atoms with Crippen LogP contribution in [0.4, 0.5) is 0 Å². The summed E-state index contributed by atoms with van der Waals surface area (Å²) in [6.07, 6.45) is 2.40. The Morgan fingerprint density at radius 2 is 1.80 bits per heavy atom. The number of nitrogens with one attached hydrogen (secondary N) is 3. The summed E-state index contributed by atoms with van der Waals surface area (Å²) < 4.78 is 4.95. The number of carbonyl (C=O) groups excluding carboxylic acids is 2. The normalized spacial score (nSPS) is 12.0. The maximum Gasteiger partial charge on any atom is 0.305 e. The van der Waals surface area contributed by atoms with Crippen molar-refractivity contribution in [1.82, 2.24) is 16.2 Å². The van der Waals surface area contributed by atoms with E-state index in [1.807, 2.05) is 0 Å². The Bertz CT molecular complexity index is 678. The fraction of sp³-hybridized carbons (Fsp3) is 0.368. The topological polar surface area (TPSA) is 83.4 Å². The van der Waals surface area contributed by atoms with Crippen molar-refractivity contribution >= 4 is 11.8 Å². The zero-order valence-electron chi connectivity index (χ0n) is 14.8. The van der Waals surface area contributed by atoms with Crippen LogP contribution in [-0.2, 0) is 11.2 Å². The highest BCUT2D eigenvalue weighted by Crippen LogP contribution is 2.21. The molecule has 6 nitrogen and oxygen atoms in total. The number of amides is 2. The summed E-state index contributed by atoms with van der Waals surface area (Å²) in [6.45, 7) is 6.41. The summed E-state index contributed by atoms with van der Waals surface area (Å²) in [5.74, 6) is -0.355. The molecule has 0 aliphatic rings. The quantitative estimate of drug-likeness (QED) is 0.675. The van der Waals surface area contributed by atoms with Crippen molar-refractivity contribution in [2.75, 3.05) is 6.54 Å². The summed E-state index contributed by atoms with van der Waals surface area (Å²) >= 11 is 0. The fourth-order valence-electron chi connectivity index (χ4n) is 2.54. The first kappa shape index (κ1) is 18.7. The van der Waals surface area contributed by atoms with Gasteiger partial charge in [-0.2, -0.15) is 0 Å². The van der Waals surface area contributed by atoms with Crippen LogP contribution < -0.4 is 16.2 Å². The highest BCUT2D eigenvalue weighted by Gasteiger charge is 2.17. The monoisotopic (exact) mass is 343 g/mol. The maximum absolute atomic E-state index is 12.0. The third-order valence-corrected chi connectivity index (χ3v) is 3.96. The second kappa shape index (κ2) is 9.03. The van der Waals surface area contributed by atoms with Crippen molar-refractivity contribution in [3.8, 4) is 0 Å². The molecule has 134 valence electrons. The Balaban J connectivity index is 1.85. The molecule has 0 aliphatic carbocycles. The molecule has 0 saturated carbocycles. The van der Waals surface area contributed by atoms with E-state index in [-0.39, 0.29) is 24.3 Å².